The van der Waals surface area contributed by atoms with Crippen LogP contribution in [0.4, 0.5) is 0 Å². The lowest BCUT2D eigenvalue weighted by molar-refractivity contribution is -0.138. The average molecular weight is 466 g/mol. The number of nitrogens with zero attached hydrogens (tertiary/aromatic N) is 1. The van der Waals surface area contributed by atoms with Gasteiger partial charge in [0.25, 0.3) is 0 Å². The van der Waals surface area contributed by atoms with E-state index < -0.39 is 11.9 Å². The third-order valence-corrected chi connectivity index (χ3v) is 5.85. The van der Waals surface area contributed by atoms with Crippen molar-refractivity contribution in [1.29, 1.82) is 0 Å². The Hall–Kier alpha value is -2.48. The minimum absolute atomic E-state index is 0.0914. The monoisotopic (exact) mass is 465 g/mol. The zero-order valence-electron chi connectivity index (χ0n) is 16.1. The molecule has 0 bridgehead atoms. The fraction of sp³-hybridized carbons (Fsp3) is 0.190. The average Bonchev–Trinajstić information content (AvgIpc) is 3.29. The van der Waals surface area contributed by atoms with Gasteiger partial charge in [-0.15, -0.1) is 0 Å². The van der Waals surface area contributed by atoms with E-state index in [1.54, 1.807) is 50.3 Å². The van der Waals surface area contributed by atoms with Crippen molar-refractivity contribution >= 4 is 58.0 Å². The number of aliphatic hydroxyl groups excluding tert-OH is 1. The predicted molar refractivity (Wildman–Crippen MR) is 119 cm³/mol. The second-order valence-electron chi connectivity index (χ2n) is 6.02. The van der Waals surface area contributed by atoms with E-state index in [1.807, 2.05) is 0 Å². The summed E-state index contributed by atoms with van der Waals surface area (Å²) >= 11 is 13.3. The minimum atomic E-state index is -0.751. The van der Waals surface area contributed by atoms with Crippen LogP contribution in [0.3, 0.4) is 0 Å². The molecule has 6 nitrogen and oxygen atoms in total. The lowest BCUT2D eigenvalue weighted by atomic mass is 10.2. The molecule has 1 amide bonds. The van der Waals surface area contributed by atoms with Gasteiger partial charge in [0, 0.05) is 12.0 Å². The second kappa shape index (κ2) is 9.55. The van der Waals surface area contributed by atoms with E-state index in [4.69, 9.17) is 32.4 Å². The van der Waals surface area contributed by atoms with E-state index in [2.05, 4.69) is 4.99 Å². The van der Waals surface area contributed by atoms with Crippen LogP contribution >= 0.6 is 35.0 Å². The van der Waals surface area contributed by atoms with Crippen molar-refractivity contribution < 1.29 is 23.8 Å². The smallest absolute Gasteiger partial charge is 0.344 e. The maximum absolute atomic E-state index is 12.3. The molecule has 0 saturated heterocycles. The molecule has 2 heterocycles. The van der Waals surface area contributed by atoms with Gasteiger partial charge < -0.3 is 14.3 Å². The molecule has 0 aliphatic carbocycles. The summed E-state index contributed by atoms with van der Waals surface area (Å²) in [5.74, 6) is -0.591. The third kappa shape index (κ3) is 4.64. The number of carbonyl (C=O) groups excluding carboxylic acids is 2. The Balaban J connectivity index is 1.98. The summed E-state index contributed by atoms with van der Waals surface area (Å²) in [7, 11) is 0. The van der Waals surface area contributed by atoms with Gasteiger partial charge in [-0.25, -0.2) is 9.79 Å². The number of aliphatic imine (C=N–C) groups is 1. The molecule has 0 atom stereocenters. The fourth-order valence-corrected chi connectivity index (χ4v) is 3.99. The van der Waals surface area contributed by atoms with Crippen molar-refractivity contribution in [3.63, 3.8) is 0 Å². The molecule has 1 aromatic heterocycles. The molecule has 30 heavy (non-hydrogen) atoms. The number of aliphatic hydroxyl groups is 1. The van der Waals surface area contributed by atoms with Gasteiger partial charge in [-0.2, -0.15) is 0 Å². The fourth-order valence-electron chi connectivity index (χ4n) is 2.58. The van der Waals surface area contributed by atoms with Crippen molar-refractivity contribution in [3.05, 3.63) is 62.4 Å². The van der Waals surface area contributed by atoms with E-state index in [0.29, 0.717) is 32.0 Å². The van der Waals surface area contributed by atoms with Crippen LogP contribution in [0.5, 0.6) is 0 Å². The predicted octanol–water partition coefficient (Wildman–Crippen LogP) is 6.05. The maximum atomic E-state index is 12.3. The summed E-state index contributed by atoms with van der Waals surface area (Å²) < 4.78 is 10.8. The highest BCUT2D eigenvalue weighted by molar-refractivity contribution is 8.18. The Bertz CT molecular complexity index is 1100. The van der Waals surface area contributed by atoms with Crippen LogP contribution in [0.15, 0.2) is 56.0 Å². The maximum Gasteiger partial charge on any atom is 0.344 e. The molecule has 1 aliphatic heterocycles. The SMILES string of the molecule is CCOC(=O)C1=C(O)/C(=C/c2ccc(-c3cccc(Cl)c3Cl)o2)SC1=NC(=O)CC. The van der Waals surface area contributed by atoms with Gasteiger partial charge in [0.15, 0.2) is 0 Å². The Morgan fingerprint density at radius 1 is 1.23 bits per heavy atom. The molecule has 0 radical (unpaired) electrons. The van der Waals surface area contributed by atoms with Crippen molar-refractivity contribution in [2.24, 2.45) is 4.99 Å². The van der Waals surface area contributed by atoms with Gasteiger partial charge in [0.1, 0.15) is 27.9 Å². The van der Waals surface area contributed by atoms with Crippen LogP contribution in [0.25, 0.3) is 17.4 Å². The van der Waals surface area contributed by atoms with Gasteiger partial charge in [0.05, 0.1) is 21.6 Å². The van der Waals surface area contributed by atoms with Crippen LogP contribution in [-0.2, 0) is 14.3 Å². The van der Waals surface area contributed by atoms with Gasteiger partial charge in [-0.3, -0.25) is 4.79 Å². The van der Waals surface area contributed by atoms with Crippen molar-refractivity contribution in [2.75, 3.05) is 6.61 Å². The standard InChI is InChI=1S/C21H17Cl2NO5S/c1-3-16(25)24-20-17(21(27)28-4-2)19(26)15(30-20)10-11-8-9-14(29-11)12-6-5-7-13(22)18(12)23/h5-10,26H,3-4H2,1-2H3/b15-10-,24-20?. The minimum Gasteiger partial charge on any atom is -0.506 e. The zero-order chi connectivity index (χ0) is 21.8. The Morgan fingerprint density at radius 3 is 2.70 bits per heavy atom. The normalized spacial score (nSPS) is 16.5. The summed E-state index contributed by atoms with van der Waals surface area (Å²) in [6.07, 6.45) is 1.71. The van der Waals surface area contributed by atoms with Gasteiger partial charge in [-0.05, 0) is 37.3 Å². The van der Waals surface area contributed by atoms with Crippen LogP contribution in [0.1, 0.15) is 26.0 Å². The lowest BCUT2D eigenvalue weighted by Crippen LogP contribution is -2.14. The molecule has 1 N–H and O–H groups in total. The first kappa shape index (κ1) is 22.2. The number of hydrogen-bond acceptors (Lipinski definition) is 6. The first-order chi connectivity index (χ1) is 14.3. The summed E-state index contributed by atoms with van der Waals surface area (Å²) in [5, 5.41) is 11.4. The highest BCUT2D eigenvalue weighted by Gasteiger charge is 2.34. The van der Waals surface area contributed by atoms with Crippen LogP contribution in [-0.4, -0.2) is 28.6 Å². The molecule has 1 aliphatic rings. The Morgan fingerprint density at radius 2 is 2.00 bits per heavy atom. The van der Waals surface area contributed by atoms with Crippen LogP contribution in [0.2, 0.25) is 10.0 Å². The van der Waals surface area contributed by atoms with Gasteiger partial charge in [0.2, 0.25) is 5.91 Å². The molecule has 1 aromatic carbocycles. The number of thioether (sulfide) groups is 1. The van der Waals surface area contributed by atoms with Crippen molar-refractivity contribution in [3.8, 4) is 11.3 Å². The molecule has 0 unspecified atom stereocenters. The number of halogens is 2. The number of esters is 1. The number of amides is 1. The molecule has 156 valence electrons. The molecular formula is C21H17Cl2NO5S. The molecule has 9 heteroatoms. The zero-order valence-corrected chi connectivity index (χ0v) is 18.4. The van der Waals surface area contributed by atoms with E-state index in [9.17, 15) is 14.7 Å². The Labute approximate surface area is 187 Å². The molecule has 0 saturated carbocycles. The highest BCUT2D eigenvalue weighted by atomic mass is 35.5. The van der Waals surface area contributed by atoms with Gasteiger partial charge >= 0.3 is 5.97 Å². The van der Waals surface area contributed by atoms with E-state index >= 15 is 0 Å². The van der Waals surface area contributed by atoms with Crippen molar-refractivity contribution in [1.82, 2.24) is 0 Å². The quantitative estimate of drug-likeness (QED) is 0.540. The van der Waals surface area contributed by atoms with E-state index in [0.717, 1.165) is 11.8 Å². The number of hydrogen-bond donors (Lipinski definition) is 1. The van der Waals surface area contributed by atoms with Crippen LogP contribution in [0, 0.1) is 0 Å². The van der Waals surface area contributed by atoms with Gasteiger partial charge in [-0.1, -0.05) is 48.0 Å². The number of carbonyl (C=O) groups is 2. The molecule has 3 rings (SSSR count). The lowest BCUT2D eigenvalue weighted by Gasteiger charge is -2.02. The summed E-state index contributed by atoms with van der Waals surface area (Å²) in [4.78, 5) is 28.3. The summed E-state index contributed by atoms with van der Waals surface area (Å²) in [6, 6.07) is 8.60. The van der Waals surface area contributed by atoms with E-state index in [1.165, 1.54) is 0 Å². The summed E-state index contributed by atoms with van der Waals surface area (Å²) in [6.45, 7) is 3.42. The molecule has 0 fully saturated rings. The first-order valence-electron chi connectivity index (χ1n) is 9.02. The third-order valence-electron chi connectivity index (χ3n) is 4.02. The van der Waals surface area contributed by atoms with Crippen molar-refractivity contribution in [2.45, 2.75) is 20.3 Å². The van der Waals surface area contributed by atoms with Crippen LogP contribution < -0.4 is 0 Å². The number of rotatable bonds is 5. The first-order valence-corrected chi connectivity index (χ1v) is 10.6. The summed E-state index contributed by atoms with van der Waals surface area (Å²) in [5.41, 5.74) is 0.482. The molecular weight excluding hydrogens is 449 g/mol. The second-order valence-corrected chi connectivity index (χ2v) is 7.84. The molecule has 0 spiro atoms. The number of furan rings is 1. The largest absolute Gasteiger partial charge is 0.506 e. The number of ether oxygens (including phenoxy) is 1. The Kier molecular flexibility index (Phi) is 7.07. The van der Waals surface area contributed by atoms with E-state index in [-0.39, 0.29) is 29.4 Å². The highest BCUT2D eigenvalue weighted by Crippen LogP contribution is 2.40. The molecule has 2 aromatic rings. The number of benzene rings is 1. The topological polar surface area (TPSA) is 89.1 Å².